The van der Waals surface area contributed by atoms with Crippen molar-refractivity contribution in [2.75, 3.05) is 17.6 Å². The fourth-order valence-electron chi connectivity index (χ4n) is 2.86. The van der Waals surface area contributed by atoms with Crippen LogP contribution in [0.15, 0.2) is 51.9 Å². The monoisotopic (exact) mass is 416 g/mol. The minimum atomic E-state index is -0.298. The number of fused-ring (bicyclic) bond motifs is 1. The average molecular weight is 417 g/mol. The summed E-state index contributed by atoms with van der Waals surface area (Å²) in [4.78, 5) is 17.4. The number of furan rings is 1. The largest absolute Gasteiger partial charge is 0.451 e. The van der Waals surface area contributed by atoms with Gasteiger partial charge < -0.3 is 9.73 Å². The van der Waals surface area contributed by atoms with Gasteiger partial charge in [0.15, 0.2) is 5.76 Å². The van der Waals surface area contributed by atoms with E-state index in [0.29, 0.717) is 27.8 Å². The summed E-state index contributed by atoms with van der Waals surface area (Å²) >= 11 is 9.66. The van der Waals surface area contributed by atoms with Crippen LogP contribution < -0.4 is 5.32 Å². The van der Waals surface area contributed by atoms with E-state index in [4.69, 9.17) is 16.0 Å². The third-order valence-electron chi connectivity index (χ3n) is 4.18. The van der Waals surface area contributed by atoms with Crippen molar-refractivity contribution < 1.29 is 9.21 Å². The molecule has 0 bridgehead atoms. The van der Waals surface area contributed by atoms with Crippen molar-refractivity contribution in [3.05, 3.63) is 64.4 Å². The van der Waals surface area contributed by atoms with E-state index in [1.807, 2.05) is 43.3 Å². The number of nitrogens with zero attached hydrogens (tertiary/aromatic N) is 1. The van der Waals surface area contributed by atoms with Crippen LogP contribution in [0.25, 0.3) is 11.0 Å². The van der Waals surface area contributed by atoms with E-state index < -0.39 is 0 Å². The summed E-state index contributed by atoms with van der Waals surface area (Å²) in [6.45, 7) is 2.81. The molecule has 1 aliphatic rings. The minimum Gasteiger partial charge on any atom is -0.451 e. The molecule has 0 fully saturated rings. The first-order chi connectivity index (χ1) is 13.1. The molecule has 1 aliphatic heterocycles. The number of anilines is 1. The lowest BCUT2D eigenvalue weighted by atomic mass is 10.1. The van der Waals surface area contributed by atoms with Crippen molar-refractivity contribution in [3.8, 4) is 0 Å². The van der Waals surface area contributed by atoms with E-state index >= 15 is 0 Å². The van der Waals surface area contributed by atoms with Gasteiger partial charge in [0.25, 0.3) is 5.91 Å². The van der Waals surface area contributed by atoms with Crippen molar-refractivity contribution >= 4 is 62.1 Å². The van der Waals surface area contributed by atoms with Crippen molar-refractivity contribution in [1.82, 2.24) is 0 Å². The molecule has 0 radical (unpaired) electrons. The molecule has 27 heavy (non-hydrogen) atoms. The zero-order valence-electron chi connectivity index (χ0n) is 14.6. The zero-order chi connectivity index (χ0) is 18.8. The maximum atomic E-state index is 12.9. The smallest absolute Gasteiger partial charge is 0.291 e. The molecule has 3 aromatic rings. The molecular weight excluding hydrogens is 400 g/mol. The van der Waals surface area contributed by atoms with Crippen molar-refractivity contribution in [2.45, 2.75) is 12.7 Å². The Morgan fingerprint density at radius 3 is 2.96 bits per heavy atom. The van der Waals surface area contributed by atoms with Gasteiger partial charge in [0.2, 0.25) is 0 Å². The second-order valence-electron chi connectivity index (χ2n) is 6.13. The number of aryl methyl sites for hydroxylation is 1. The fraction of sp³-hybridized carbons (Fsp3) is 0.200. The predicted molar refractivity (Wildman–Crippen MR) is 116 cm³/mol. The van der Waals surface area contributed by atoms with Gasteiger partial charge in [-0.05, 0) is 30.7 Å². The van der Waals surface area contributed by atoms with Crippen LogP contribution in [0.1, 0.15) is 21.7 Å². The Bertz CT molecular complexity index is 1050. The number of para-hydroxylation sites is 1. The Morgan fingerprint density at radius 2 is 2.19 bits per heavy atom. The standard InChI is InChI=1S/C20H17ClN2O2S2/c1-12-6-7-16(15(21)10-12)23-19(24)18-14(11-27-20-22-8-9-26-20)13-4-2-3-5-17(13)25-18/h2-7,10H,8-9,11H2,1H3,(H,23,24). The molecule has 4 rings (SSSR count). The van der Waals surface area contributed by atoms with Crippen molar-refractivity contribution in [1.29, 1.82) is 0 Å². The maximum Gasteiger partial charge on any atom is 0.291 e. The topological polar surface area (TPSA) is 54.6 Å². The molecule has 138 valence electrons. The Kier molecular flexibility index (Phi) is 5.48. The zero-order valence-corrected chi connectivity index (χ0v) is 17.0. The Morgan fingerprint density at radius 1 is 1.33 bits per heavy atom. The molecule has 2 heterocycles. The highest BCUT2D eigenvalue weighted by Crippen LogP contribution is 2.33. The first kappa shape index (κ1) is 18.5. The highest BCUT2D eigenvalue weighted by molar-refractivity contribution is 8.38. The molecule has 7 heteroatoms. The average Bonchev–Trinajstić information content (AvgIpc) is 3.29. The van der Waals surface area contributed by atoms with E-state index in [2.05, 4.69) is 10.3 Å². The molecule has 1 N–H and O–H groups in total. The number of nitrogens with one attached hydrogen (secondary N) is 1. The lowest BCUT2D eigenvalue weighted by Crippen LogP contribution is -2.13. The van der Waals surface area contributed by atoms with Crippen LogP contribution in [0.4, 0.5) is 5.69 Å². The number of amides is 1. The summed E-state index contributed by atoms with van der Waals surface area (Å²) in [5, 5.41) is 4.33. The predicted octanol–water partition coefficient (Wildman–Crippen LogP) is 5.98. The first-order valence-electron chi connectivity index (χ1n) is 8.50. The maximum absolute atomic E-state index is 12.9. The molecule has 1 amide bonds. The van der Waals surface area contributed by atoms with E-state index in [1.165, 1.54) is 0 Å². The van der Waals surface area contributed by atoms with Crippen LogP contribution >= 0.6 is 35.1 Å². The molecule has 4 nitrogen and oxygen atoms in total. The third kappa shape index (κ3) is 4.03. The van der Waals surface area contributed by atoms with Crippen LogP contribution in [0.2, 0.25) is 5.02 Å². The van der Waals surface area contributed by atoms with Gasteiger partial charge in [0.1, 0.15) is 9.96 Å². The fourth-order valence-corrected chi connectivity index (χ4v) is 5.18. The van der Waals surface area contributed by atoms with E-state index in [9.17, 15) is 4.79 Å². The molecule has 0 spiro atoms. The summed E-state index contributed by atoms with van der Waals surface area (Å²) in [6, 6.07) is 13.2. The van der Waals surface area contributed by atoms with Crippen LogP contribution in [0, 0.1) is 6.92 Å². The second kappa shape index (κ2) is 8.00. The quantitative estimate of drug-likeness (QED) is 0.568. The van der Waals surface area contributed by atoms with E-state index in [-0.39, 0.29) is 5.91 Å². The van der Waals surface area contributed by atoms with Crippen molar-refractivity contribution in [2.24, 2.45) is 4.99 Å². The molecular formula is C20H17ClN2O2S2. The summed E-state index contributed by atoms with van der Waals surface area (Å²) in [6.07, 6.45) is 0. The van der Waals surface area contributed by atoms with Gasteiger partial charge in [0.05, 0.1) is 17.3 Å². The molecule has 0 unspecified atom stereocenters. The third-order valence-corrected chi connectivity index (χ3v) is 6.77. The summed E-state index contributed by atoms with van der Waals surface area (Å²) < 4.78 is 6.96. The number of thioether (sulfide) groups is 2. The van der Waals surface area contributed by atoms with E-state index in [1.54, 1.807) is 29.6 Å². The van der Waals surface area contributed by atoms with Crippen LogP contribution in [0.3, 0.4) is 0 Å². The Balaban J connectivity index is 1.65. The highest BCUT2D eigenvalue weighted by atomic mass is 35.5. The number of hydrogen-bond acceptors (Lipinski definition) is 5. The lowest BCUT2D eigenvalue weighted by molar-refractivity contribution is 0.0998. The van der Waals surface area contributed by atoms with Gasteiger partial charge in [-0.15, -0.1) is 0 Å². The highest BCUT2D eigenvalue weighted by Gasteiger charge is 2.22. The number of carbonyl (C=O) groups is 1. The molecule has 2 aromatic carbocycles. The van der Waals surface area contributed by atoms with Crippen LogP contribution in [-0.4, -0.2) is 22.6 Å². The SMILES string of the molecule is Cc1ccc(NC(=O)c2oc3ccccc3c2CSC2=NCCS2)c(Cl)c1. The lowest BCUT2D eigenvalue weighted by Gasteiger charge is -2.08. The van der Waals surface area contributed by atoms with Crippen LogP contribution in [-0.2, 0) is 5.75 Å². The molecule has 0 atom stereocenters. The van der Waals surface area contributed by atoms with Crippen LogP contribution in [0.5, 0.6) is 0 Å². The van der Waals surface area contributed by atoms with E-state index in [0.717, 1.165) is 33.2 Å². The number of halogens is 1. The number of hydrogen-bond donors (Lipinski definition) is 1. The van der Waals surface area contributed by atoms with Gasteiger partial charge in [-0.2, -0.15) is 0 Å². The second-order valence-corrected chi connectivity index (χ2v) is 8.84. The summed E-state index contributed by atoms with van der Waals surface area (Å²) in [7, 11) is 0. The molecule has 0 aliphatic carbocycles. The normalized spacial score (nSPS) is 13.8. The Labute approximate surface area is 170 Å². The van der Waals surface area contributed by atoms with Crippen molar-refractivity contribution in [3.63, 3.8) is 0 Å². The number of carbonyl (C=O) groups excluding carboxylic acids is 1. The molecule has 0 saturated carbocycles. The van der Waals surface area contributed by atoms with Gasteiger partial charge >= 0.3 is 0 Å². The first-order valence-corrected chi connectivity index (χ1v) is 10.8. The number of benzene rings is 2. The van der Waals surface area contributed by atoms with Gasteiger partial charge in [-0.1, -0.05) is 59.4 Å². The minimum absolute atomic E-state index is 0.298. The Hall–Kier alpha value is -1.89. The van der Waals surface area contributed by atoms with Gasteiger partial charge in [-0.25, -0.2) is 0 Å². The number of aliphatic imine (C=N–C) groups is 1. The number of rotatable bonds is 4. The van der Waals surface area contributed by atoms with Gasteiger partial charge in [0, 0.05) is 22.5 Å². The van der Waals surface area contributed by atoms with Gasteiger partial charge in [-0.3, -0.25) is 9.79 Å². The summed E-state index contributed by atoms with van der Waals surface area (Å²) in [5.74, 6) is 1.68. The summed E-state index contributed by atoms with van der Waals surface area (Å²) in [5.41, 5.74) is 3.19. The molecule has 0 saturated heterocycles. The molecule has 1 aromatic heterocycles.